The lowest BCUT2D eigenvalue weighted by molar-refractivity contribution is 0.475. The minimum absolute atomic E-state index is 0.923. The van der Waals surface area contributed by atoms with Gasteiger partial charge in [0.05, 0.1) is 0 Å². The second kappa shape index (κ2) is 9.40. The summed E-state index contributed by atoms with van der Waals surface area (Å²) in [4.78, 5) is 0. The monoisotopic (exact) mass is 352 g/mol. The Morgan fingerprint density at radius 2 is 0.741 bits per heavy atom. The first kappa shape index (κ1) is 18.5. The summed E-state index contributed by atoms with van der Waals surface area (Å²) in [5, 5.41) is 0. The molecular formula is C26H24O. The van der Waals surface area contributed by atoms with E-state index in [1.165, 1.54) is 11.1 Å². The minimum Gasteiger partial charge on any atom is -0.457 e. The summed E-state index contributed by atoms with van der Waals surface area (Å²) in [5.74, 6) is 1.85. The molecule has 0 amide bonds. The van der Waals surface area contributed by atoms with Crippen LogP contribution < -0.4 is 4.74 Å². The van der Waals surface area contributed by atoms with E-state index in [9.17, 15) is 0 Å². The molecule has 0 aromatic heterocycles. The van der Waals surface area contributed by atoms with E-state index in [4.69, 9.17) is 4.74 Å². The summed E-state index contributed by atoms with van der Waals surface area (Å²) < 4.78 is 5.84. The maximum Gasteiger partial charge on any atom is 0.130 e. The zero-order valence-corrected chi connectivity index (χ0v) is 15.8. The van der Waals surface area contributed by atoms with Crippen LogP contribution in [0, 0.1) is 13.8 Å². The molecule has 1 heteroatoms. The average Bonchev–Trinajstić information content (AvgIpc) is 2.73. The van der Waals surface area contributed by atoms with Crippen molar-refractivity contribution >= 4 is 0 Å². The molecule has 0 saturated heterocycles. The topological polar surface area (TPSA) is 9.23 Å². The van der Waals surface area contributed by atoms with Crippen LogP contribution >= 0.6 is 0 Å². The highest BCUT2D eigenvalue weighted by Crippen LogP contribution is 2.26. The highest BCUT2D eigenvalue weighted by molar-refractivity contribution is 5.62. The zero-order valence-electron chi connectivity index (χ0n) is 15.8. The summed E-state index contributed by atoms with van der Waals surface area (Å²) in [5.41, 5.74) is 4.86. The first-order chi connectivity index (χ1) is 13.2. The van der Waals surface area contributed by atoms with Gasteiger partial charge in [-0.05, 0) is 48.2 Å². The van der Waals surface area contributed by atoms with Gasteiger partial charge in [0.1, 0.15) is 11.5 Å². The first-order valence-electron chi connectivity index (χ1n) is 9.13. The second-order valence-electron chi connectivity index (χ2n) is 6.37. The molecule has 134 valence electrons. The largest absolute Gasteiger partial charge is 0.457 e. The van der Waals surface area contributed by atoms with E-state index in [-0.39, 0.29) is 0 Å². The molecule has 1 nitrogen and oxygen atoms in total. The van der Waals surface area contributed by atoms with Crippen LogP contribution in [0.2, 0.25) is 0 Å². The number of hydrogen-bond acceptors (Lipinski definition) is 1. The second-order valence-corrected chi connectivity index (χ2v) is 6.37. The Labute approximate surface area is 161 Å². The van der Waals surface area contributed by atoms with E-state index in [1.807, 2.05) is 74.5 Å². The Hall–Kier alpha value is -3.32. The first-order valence-corrected chi connectivity index (χ1v) is 9.13. The molecule has 4 aromatic carbocycles. The summed E-state index contributed by atoms with van der Waals surface area (Å²) in [6.45, 7) is 4.10. The molecule has 27 heavy (non-hydrogen) atoms. The van der Waals surface area contributed by atoms with Gasteiger partial charge < -0.3 is 4.74 Å². The molecule has 0 bridgehead atoms. The molecule has 0 fully saturated rings. The van der Waals surface area contributed by atoms with Gasteiger partial charge in [0.2, 0.25) is 0 Å². The van der Waals surface area contributed by atoms with Crippen LogP contribution in [0.3, 0.4) is 0 Å². The van der Waals surface area contributed by atoms with Crippen LogP contribution in [-0.2, 0) is 0 Å². The summed E-state index contributed by atoms with van der Waals surface area (Å²) >= 11 is 0. The Kier molecular flexibility index (Phi) is 6.43. The summed E-state index contributed by atoms with van der Waals surface area (Å²) in [6, 6.07) is 36.9. The third-order valence-electron chi connectivity index (χ3n) is 4.29. The van der Waals surface area contributed by atoms with Crippen LogP contribution in [-0.4, -0.2) is 0 Å². The van der Waals surface area contributed by atoms with Crippen molar-refractivity contribution in [2.75, 3.05) is 0 Å². The highest BCUT2D eigenvalue weighted by Gasteiger charge is 2.01. The zero-order chi connectivity index (χ0) is 18.9. The SMILES string of the molecule is Cc1ccccc1Oc1ccccc1C.c1ccc(-c2ccccc2)cc1. The maximum atomic E-state index is 5.84. The third kappa shape index (κ3) is 5.32. The quantitative estimate of drug-likeness (QED) is 0.372. The molecule has 0 radical (unpaired) electrons. The Morgan fingerprint density at radius 3 is 1.11 bits per heavy atom. The van der Waals surface area contributed by atoms with Gasteiger partial charge in [-0.1, -0.05) is 97.1 Å². The van der Waals surface area contributed by atoms with Crippen LogP contribution in [0.1, 0.15) is 11.1 Å². The number of hydrogen-bond donors (Lipinski definition) is 0. The normalized spacial score (nSPS) is 9.85. The van der Waals surface area contributed by atoms with Crippen molar-refractivity contribution in [2.45, 2.75) is 13.8 Å². The number of ether oxygens (including phenoxy) is 1. The molecule has 0 N–H and O–H groups in total. The smallest absolute Gasteiger partial charge is 0.130 e. The fourth-order valence-electron chi connectivity index (χ4n) is 2.72. The van der Waals surface area contributed by atoms with Gasteiger partial charge in [-0.3, -0.25) is 0 Å². The van der Waals surface area contributed by atoms with Gasteiger partial charge in [0, 0.05) is 0 Å². The van der Waals surface area contributed by atoms with Gasteiger partial charge in [-0.25, -0.2) is 0 Å². The predicted molar refractivity (Wildman–Crippen MR) is 114 cm³/mol. The number of benzene rings is 4. The van der Waals surface area contributed by atoms with Crippen LogP contribution in [0.15, 0.2) is 109 Å². The van der Waals surface area contributed by atoms with Crippen molar-refractivity contribution in [2.24, 2.45) is 0 Å². The Bertz CT molecular complexity index is 878. The summed E-state index contributed by atoms with van der Waals surface area (Å²) in [6.07, 6.45) is 0. The predicted octanol–water partition coefficient (Wildman–Crippen LogP) is 7.45. The van der Waals surface area contributed by atoms with Gasteiger partial charge in [0.25, 0.3) is 0 Å². The molecule has 4 aromatic rings. The number of rotatable bonds is 3. The van der Waals surface area contributed by atoms with Crippen molar-refractivity contribution in [3.63, 3.8) is 0 Å². The third-order valence-corrected chi connectivity index (χ3v) is 4.29. The highest BCUT2D eigenvalue weighted by atomic mass is 16.5. The van der Waals surface area contributed by atoms with E-state index >= 15 is 0 Å². The molecule has 0 aliphatic carbocycles. The maximum absolute atomic E-state index is 5.84. The molecular weight excluding hydrogens is 328 g/mol. The minimum atomic E-state index is 0.923. The van der Waals surface area contributed by atoms with Gasteiger partial charge in [0.15, 0.2) is 0 Å². The molecule has 0 heterocycles. The lowest BCUT2D eigenvalue weighted by Gasteiger charge is -2.10. The molecule has 0 unspecified atom stereocenters. The van der Waals surface area contributed by atoms with Crippen LogP contribution in [0.4, 0.5) is 0 Å². The fraction of sp³-hybridized carbons (Fsp3) is 0.0769. The van der Waals surface area contributed by atoms with Gasteiger partial charge >= 0.3 is 0 Å². The molecule has 0 aliphatic heterocycles. The Morgan fingerprint density at radius 1 is 0.407 bits per heavy atom. The van der Waals surface area contributed by atoms with Crippen molar-refractivity contribution in [3.8, 4) is 22.6 Å². The average molecular weight is 352 g/mol. The van der Waals surface area contributed by atoms with E-state index in [2.05, 4.69) is 48.5 Å². The van der Waals surface area contributed by atoms with Crippen LogP contribution in [0.5, 0.6) is 11.5 Å². The molecule has 0 spiro atoms. The standard InChI is InChI=1S/C14H14O.C12H10/c1-11-7-3-5-9-13(11)15-14-10-6-4-8-12(14)2;1-3-7-11(8-4-1)12-9-5-2-6-10-12/h3-10H,1-2H3;1-10H. The molecule has 0 aliphatic rings. The van der Waals surface area contributed by atoms with E-state index in [0.29, 0.717) is 0 Å². The molecule has 4 rings (SSSR count). The van der Waals surface area contributed by atoms with Crippen molar-refractivity contribution in [1.29, 1.82) is 0 Å². The van der Waals surface area contributed by atoms with E-state index in [1.54, 1.807) is 0 Å². The fourth-order valence-corrected chi connectivity index (χ4v) is 2.72. The van der Waals surface area contributed by atoms with Gasteiger partial charge in [-0.2, -0.15) is 0 Å². The van der Waals surface area contributed by atoms with E-state index in [0.717, 1.165) is 22.6 Å². The number of para-hydroxylation sites is 2. The van der Waals surface area contributed by atoms with Crippen molar-refractivity contribution in [1.82, 2.24) is 0 Å². The number of aryl methyl sites for hydroxylation is 2. The molecule has 0 saturated carbocycles. The lowest BCUT2D eigenvalue weighted by Crippen LogP contribution is -1.88. The molecule has 0 atom stereocenters. The van der Waals surface area contributed by atoms with Crippen LogP contribution in [0.25, 0.3) is 11.1 Å². The summed E-state index contributed by atoms with van der Waals surface area (Å²) in [7, 11) is 0. The van der Waals surface area contributed by atoms with Crippen molar-refractivity contribution < 1.29 is 4.74 Å². The van der Waals surface area contributed by atoms with Crippen molar-refractivity contribution in [3.05, 3.63) is 120 Å². The lowest BCUT2D eigenvalue weighted by atomic mass is 10.1. The van der Waals surface area contributed by atoms with Gasteiger partial charge in [-0.15, -0.1) is 0 Å². The Balaban J connectivity index is 0.000000159. The van der Waals surface area contributed by atoms with E-state index < -0.39 is 0 Å².